The molecular formula is C12H23N3S. The molecule has 1 heterocycles. The number of hydrogen-bond acceptors (Lipinski definition) is 3. The maximum absolute atomic E-state index is 4.21. The van der Waals surface area contributed by atoms with E-state index in [9.17, 15) is 0 Å². The van der Waals surface area contributed by atoms with Crippen LogP contribution in [-0.4, -0.2) is 34.4 Å². The minimum absolute atomic E-state index is 0.594. The predicted molar refractivity (Wildman–Crippen MR) is 72.0 cm³/mol. The van der Waals surface area contributed by atoms with E-state index in [0.717, 1.165) is 13.0 Å². The van der Waals surface area contributed by atoms with Crippen LogP contribution in [0.25, 0.3) is 0 Å². The highest BCUT2D eigenvalue weighted by Crippen LogP contribution is 2.08. The summed E-state index contributed by atoms with van der Waals surface area (Å²) in [6.07, 6.45) is 9.77. The Morgan fingerprint density at radius 1 is 1.56 bits per heavy atom. The molecule has 0 aliphatic heterocycles. The van der Waals surface area contributed by atoms with Gasteiger partial charge in [0.15, 0.2) is 0 Å². The average molecular weight is 241 g/mol. The van der Waals surface area contributed by atoms with E-state index < -0.39 is 0 Å². The predicted octanol–water partition coefficient (Wildman–Crippen LogP) is 2.08. The van der Waals surface area contributed by atoms with Gasteiger partial charge in [-0.05, 0) is 43.4 Å². The van der Waals surface area contributed by atoms with Crippen LogP contribution in [0.3, 0.4) is 0 Å². The van der Waals surface area contributed by atoms with Gasteiger partial charge in [0, 0.05) is 19.3 Å². The average Bonchev–Trinajstić information content (AvgIpc) is 2.68. The van der Waals surface area contributed by atoms with Crippen molar-refractivity contribution in [3.63, 3.8) is 0 Å². The topological polar surface area (TPSA) is 29.9 Å². The molecular weight excluding hydrogens is 218 g/mol. The molecule has 0 aliphatic rings. The van der Waals surface area contributed by atoms with Crippen LogP contribution < -0.4 is 5.32 Å². The van der Waals surface area contributed by atoms with E-state index >= 15 is 0 Å². The molecule has 1 aromatic heterocycles. The molecule has 0 spiro atoms. The summed E-state index contributed by atoms with van der Waals surface area (Å²) in [5, 5.41) is 7.83. The summed E-state index contributed by atoms with van der Waals surface area (Å²) in [5.74, 6) is 1.22. The van der Waals surface area contributed by atoms with Gasteiger partial charge in [-0.3, -0.25) is 4.68 Å². The molecule has 0 bridgehead atoms. The lowest BCUT2D eigenvalue weighted by Crippen LogP contribution is -2.32. The number of hydrogen-bond donors (Lipinski definition) is 1. The van der Waals surface area contributed by atoms with Crippen LogP contribution in [0.4, 0.5) is 0 Å². The van der Waals surface area contributed by atoms with Crippen molar-refractivity contribution in [3.05, 3.63) is 18.0 Å². The number of aromatic nitrogens is 2. The van der Waals surface area contributed by atoms with Crippen LogP contribution >= 0.6 is 11.8 Å². The second kappa shape index (κ2) is 7.74. The lowest BCUT2D eigenvalue weighted by Gasteiger charge is -2.17. The smallest absolute Gasteiger partial charge is 0.0522 e. The van der Waals surface area contributed by atoms with E-state index in [1.807, 2.05) is 29.7 Å². The molecule has 1 unspecified atom stereocenters. The molecule has 3 nitrogen and oxygen atoms in total. The summed E-state index contributed by atoms with van der Waals surface area (Å²) in [6.45, 7) is 3.32. The summed E-state index contributed by atoms with van der Waals surface area (Å²) in [5.41, 5.74) is 1.33. The van der Waals surface area contributed by atoms with Gasteiger partial charge in [0.25, 0.3) is 0 Å². The van der Waals surface area contributed by atoms with Crippen molar-refractivity contribution in [1.29, 1.82) is 0 Å². The van der Waals surface area contributed by atoms with Gasteiger partial charge in [-0.15, -0.1) is 0 Å². The second-order valence-electron chi connectivity index (χ2n) is 4.16. The highest BCUT2D eigenvalue weighted by atomic mass is 32.2. The molecule has 4 heteroatoms. The fourth-order valence-corrected chi connectivity index (χ4v) is 2.27. The van der Waals surface area contributed by atoms with Crippen LogP contribution in [0, 0.1) is 0 Å². The van der Waals surface area contributed by atoms with E-state index in [1.54, 1.807) is 0 Å². The van der Waals surface area contributed by atoms with Gasteiger partial charge in [0.1, 0.15) is 0 Å². The molecule has 1 N–H and O–H groups in total. The van der Waals surface area contributed by atoms with Crippen LogP contribution in [-0.2, 0) is 13.5 Å². The number of nitrogens with one attached hydrogen (secondary N) is 1. The number of aryl methyl sites for hydroxylation is 1. The molecule has 0 aromatic carbocycles. The highest BCUT2D eigenvalue weighted by molar-refractivity contribution is 7.98. The van der Waals surface area contributed by atoms with Gasteiger partial charge in [0.2, 0.25) is 0 Å². The van der Waals surface area contributed by atoms with Crippen LogP contribution in [0.15, 0.2) is 12.4 Å². The Kier molecular flexibility index (Phi) is 6.57. The van der Waals surface area contributed by atoms with E-state index in [1.165, 1.54) is 24.2 Å². The maximum Gasteiger partial charge on any atom is 0.0522 e. The SMILES string of the molecule is CCCNC(CCSC)Cc1cnn(C)c1. The third kappa shape index (κ3) is 5.03. The first-order valence-electron chi connectivity index (χ1n) is 5.96. The van der Waals surface area contributed by atoms with Crippen LogP contribution in [0.5, 0.6) is 0 Å². The Morgan fingerprint density at radius 3 is 2.94 bits per heavy atom. The van der Waals surface area contributed by atoms with Crippen molar-refractivity contribution in [3.8, 4) is 0 Å². The van der Waals surface area contributed by atoms with Crippen molar-refractivity contribution >= 4 is 11.8 Å². The Bertz CT molecular complexity index is 278. The minimum atomic E-state index is 0.594. The minimum Gasteiger partial charge on any atom is -0.314 e. The van der Waals surface area contributed by atoms with Crippen molar-refractivity contribution in [2.24, 2.45) is 7.05 Å². The largest absolute Gasteiger partial charge is 0.314 e. The Labute approximate surface area is 103 Å². The summed E-state index contributed by atoms with van der Waals surface area (Å²) < 4.78 is 1.88. The first kappa shape index (κ1) is 13.6. The zero-order valence-electron chi connectivity index (χ0n) is 10.6. The molecule has 92 valence electrons. The van der Waals surface area contributed by atoms with Gasteiger partial charge in [-0.25, -0.2) is 0 Å². The van der Waals surface area contributed by atoms with Gasteiger partial charge in [0.05, 0.1) is 6.20 Å². The third-order valence-corrected chi connectivity index (χ3v) is 3.24. The van der Waals surface area contributed by atoms with Crippen LogP contribution in [0.1, 0.15) is 25.3 Å². The highest BCUT2D eigenvalue weighted by Gasteiger charge is 2.09. The molecule has 1 atom stereocenters. The Balaban J connectivity index is 2.41. The van der Waals surface area contributed by atoms with E-state index in [-0.39, 0.29) is 0 Å². The molecule has 1 aromatic rings. The lowest BCUT2D eigenvalue weighted by molar-refractivity contribution is 0.497. The molecule has 1 rings (SSSR count). The zero-order chi connectivity index (χ0) is 11.8. The van der Waals surface area contributed by atoms with Gasteiger partial charge in [-0.1, -0.05) is 6.92 Å². The van der Waals surface area contributed by atoms with Crippen molar-refractivity contribution in [2.75, 3.05) is 18.6 Å². The molecule has 0 fully saturated rings. The fourth-order valence-electron chi connectivity index (χ4n) is 1.75. The van der Waals surface area contributed by atoms with Gasteiger partial charge >= 0.3 is 0 Å². The summed E-state index contributed by atoms with van der Waals surface area (Å²) in [6, 6.07) is 0.594. The first-order valence-corrected chi connectivity index (χ1v) is 7.35. The van der Waals surface area contributed by atoms with Gasteiger partial charge in [-0.2, -0.15) is 16.9 Å². The van der Waals surface area contributed by atoms with Crippen molar-refractivity contribution in [1.82, 2.24) is 15.1 Å². The number of rotatable bonds is 8. The second-order valence-corrected chi connectivity index (χ2v) is 5.14. The third-order valence-electron chi connectivity index (χ3n) is 2.59. The normalized spacial score (nSPS) is 12.9. The Hall–Kier alpha value is -0.480. The summed E-state index contributed by atoms with van der Waals surface area (Å²) >= 11 is 1.92. The number of thioether (sulfide) groups is 1. The zero-order valence-corrected chi connectivity index (χ0v) is 11.4. The molecule has 0 saturated carbocycles. The van der Waals surface area contributed by atoms with Crippen LogP contribution in [0.2, 0.25) is 0 Å². The lowest BCUT2D eigenvalue weighted by atomic mass is 10.1. The van der Waals surface area contributed by atoms with E-state index in [4.69, 9.17) is 0 Å². The summed E-state index contributed by atoms with van der Waals surface area (Å²) in [4.78, 5) is 0. The Morgan fingerprint density at radius 2 is 2.38 bits per heavy atom. The fraction of sp³-hybridized carbons (Fsp3) is 0.750. The van der Waals surface area contributed by atoms with Crippen molar-refractivity contribution < 1.29 is 0 Å². The standard InChI is InChI=1S/C12H23N3S/c1-4-6-13-12(5-7-16-3)8-11-9-14-15(2)10-11/h9-10,12-13H,4-8H2,1-3H3. The quantitative estimate of drug-likeness (QED) is 0.756. The summed E-state index contributed by atoms with van der Waals surface area (Å²) in [7, 11) is 1.97. The maximum atomic E-state index is 4.21. The molecule has 0 aliphatic carbocycles. The molecule has 0 radical (unpaired) electrons. The van der Waals surface area contributed by atoms with Gasteiger partial charge < -0.3 is 5.32 Å². The van der Waals surface area contributed by atoms with E-state index in [2.05, 4.69) is 29.8 Å². The molecule has 16 heavy (non-hydrogen) atoms. The molecule has 0 amide bonds. The number of nitrogens with zero attached hydrogens (tertiary/aromatic N) is 2. The monoisotopic (exact) mass is 241 g/mol. The molecule has 0 saturated heterocycles. The first-order chi connectivity index (χ1) is 7.76. The van der Waals surface area contributed by atoms with Crippen molar-refractivity contribution in [2.45, 2.75) is 32.2 Å². The van der Waals surface area contributed by atoms with E-state index in [0.29, 0.717) is 6.04 Å².